The number of nitrogens with zero attached hydrogens (tertiary/aromatic N) is 1. The lowest BCUT2D eigenvalue weighted by atomic mass is 10.3. The van der Waals surface area contributed by atoms with E-state index in [9.17, 15) is 4.79 Å². The van der Waals surface area contributed by atoms with Crippen LogP contribution in [0.3, 0.4) is 0 Å². The van der Waals surface area contributed by atoms with Crippen LogP contribution in [0.2, 0.25) is 0 Å². The average Bonchev–Trinajstić information content (AvgIpc) is 2.26. The molecule has 0 fully saturated rings. The third-order valence-corrected chi connectivity index (χ3v) is 2.04. The SMILES string of the molecule is COc1cc(N)ccc1OCC(=O)N(C)C. The van der Waals surface area contributed by atoms with E-state index in [2.05, 4.69) is 0 Å². The van der Waals surface area contributed by atoms with Gasteiger partial charge in [-0.3, -0.25) is 4.79 Å². The standard InChI is InChI=1S/C11H16N2O3/c1-13(2)11(14)7-16-9-5-4-8(12)6-10(9)15-3/h4-6H,7,12H2,1-3H3. The van der Waals surface area contributed by atoms with Gasteiger partial charge in [0.25, 0.3) is 5.91 Å². The Morgan fingerprint density at radius 1 is 1.38 bits per heavy atom. The van der Waals surface area contributed by atoms with E-state index in [1.165, 1.54) is 12.0 Å². The Labute approximate surface area is 94.7 Å². The number of rotatable bonds is 4. The topological polar surface area (TPSA) is 64.8 Å². The second kappa shape index (κ2) is 5.25. The lowest BCUT2D eigenvalue weighted by Gasteiger charge is -2.13. The Balaban J connectivity index is 2.70. The summed E-state index contributed by atoms with van der Waals surface area (Å²) >= 11 is 0. The van der Waals surface area contributed by atoms with Gasteiger partial charge in [0.1, 0.15) is 0 Å². The predicted octanol–water partition coefficient (Wildman–Crippen LogP) is 0.744. The van der Waals surface area contributed by atoms with Crippen molar-refractivity contribution in [2.45, 2.75) is 0 Å². The molecule has 0 aromatic heterocycles. The first-order valence-electron chi connectivity index (χ1n) is 4.81. The lowest BCUT2D eigenvalue weighted by Crippen LogP contribution is -2.27. The highest BCUT2D eigenvalue weighted by molar-refractivity contribution is 5.77. The van der Waals surface area contributed by atoms with Gasteiger partial charge >= 0.3 is 0 Å². The van der Waals surface area contributed by atoms with Gasteiger partial charge in [-0.15, -0.1) is 0 Å². The molecule has 1 amide bonds. The van der Waals surface area contributed by atoms with Crippen molar-refractivity contribution in [2.24, 2.45) is 0 Å². The normalized spacial score (nSPS) is 9.69. The molecule has 0 bridgehead atoms. The van der Waals surface area contributed by atoms with Crippen molar-refractivity contribution in [3.63, 3.8) is 0 Å². The van der Waals surface area contributed by atoms with Gasteiger partial charge in [-0.05, 0) is 12.1 Å². The number of nitrogen functional groups attached to an aromatic ring is 1. The predicted molar refractivity (Wildman–Crippen MR) is 61.6 cm³/mol. The second-order valence-corrected chi connectivity index (χ2v) is 3.49. The number of likely N-dealkylation sites (N-methyl/N-ethyl adjacent to an activating group) is 1. The summed E-state index contributed by atoms with van der Waals surface area (Å²) in [5, 5.41) is 0. The second-order valence-electron chi connectivity index (χ2n) is 3.49. The van der Waals surface area contributed by atoms with Gasteiger partial charge in [-0.25, -0.2) is 0 Å². The summed E-state index contributed by atoms with van der Waals surface area (Å²) in [7, 11) is 4.87. The average molecular weight is 224 g/mol. The minimum atomic E-state index is -0.112. The monoisotopic (exact) mass is 224 g/mol. The zero-order chi connectivity index (χ0) is 12.1. The number of methoxy groups -OCH3 is 1. The molecule has 1 aromatic carbocycles. The van der Waals surface area contributed by atoms with E-state index in [-0.39, 0.29) is 12.5 Å². The molecule has 0 aliphatic carbocycles. The smallest absolute Gasteiger partial charge is 0.259 e. The fraction of sp³-hybridized carbons (Fsp3) is 0.364. The number of carbonyl (C=O) groups is 1. The van der Waals surface area contributed by atoms with E-state index in [0.717, 1.165) is 0 Å². The minimum Gasteiger partial charge on any atom is -0.493 e. The van der Waals surface area contributed by atoms with Crippen LogP contribution >= 0.6 is 0 Å². The molecule has 5 nitrogen and oxygen atoms in total. The Morgan fingerprint density at radius 2 is 2.06 bits per heavy atom. The maximum atomic E-state index is 11.3. The van der Waals surface area contributed by atoms with Crippen LogP contribution in [-0.4, -0.2) is 38.6 Å². The highest BCUT2D eigenvalue weighted by atomic mass is 16.5. The van der Waals surface area contributed by atoms with Crippen molar-refractivity contribution >= 4 is 11.6 Å². The number of anilines is 1. The van der Waals surface area contributed by atoms with Crippen LogP contribution in [0.4, 0.5) is 5.69 Å². The van der Waals surface area contributed by atoms with Crippen LogP contribution < -0.4 is 15.2 Å². The van der Waals surface area contributed by atoms with Crippen molar-refractivity contribution in [1.29, 1.82) is 0 Å². The van der Waals surface area contributed by atoms with E-state index >= 15 is 0 Å². The molecular formula is C11H16N2O3. The summed E-state index contributed by atoms with van der Waals surface area (Å²) in [5.74, 6) is 0.914. The Hall–Kier alpha value is -1.91. The molecule has 0 unspecified atom stereocenters. The molecule has 0 aliphatic rings. The molecular weight excluding hydrogens is 208 g/mol. The van der Waals surface area contributed by atoms with Crippen molar-refractivity contribution in [1.82, 2.24) is 4.90 Å². The largest absolute Gasteiger partial charge is 0.493 e. The highest BCUT2D eigenvalue weighted by Crippen LogP contribution is 2.28. The lowest BCUT2D eigenvalue weighted by molar-refractivity contribution is -0.130. The van der Waals surface area contributed by atoms with Crippen LogP contribution in [0.15, 0.2) is 18.2 Å². The van der Waals surface area contributed by atoms with E-state index in [1.807, 2.05) is 0 Å². The van der Waals surface area contributed by atoms with Gasteiger partial charge in [0.2, 0.25) is 0 Å². The summed E-state index contributed by atoms with van der Waals surface area (Å²) in [5.41, 5.74) is 6.18. The molecule has 0 saturated carbocycles. The van der Waals surface area contributed by atoms with Crippen LogP contribution in [0, 0.1) is 0 Å². The maximum absolute atomic E-state index is 11.3. The van der Waals surface area contributed by atoms with E-state index in [4.69, 9.17) is 15.2 Å². The molecule has 0 atom stereocenters. The number of nitrogens with two attached hydrogens (primary N) is 1. The third kappa shape index (κ3) is 3.05. The number of amides is 1. The molecule has 1 rings (SSSR count). The van der Waals surface area contributed by atoms with Gasteiger partial charge < -0.3 is 20.1 Å². The molecule has 0 spiro atoms. The van der Waals surface area contributed by atoms with Crippen LogP contribution in [-0.2, 0) is 4.79 Å². The van der Waals surface area contributed by atoms with Crippen LogP contribution in [0.25, 0.3) is 0 Å². The summed E-state index contributed by atoms with van der Waals surface area (Å²) in [6.45, 7) is -0.0206. The molecule has 16 heavy (non-hydrogen) atoms. The van der Waals surface area contributed by atoms with Gasteiger partial charge in [0.05, 0.1) is 7.11 Å². The quantitative estimate of drug-likeness (QED) is 0.766. The molecule has 5 heteroatoms. The number of carbonyl (C=O) groups excluding carboxylic acids is 1. The maximum Gasteiger partial charge on any atom is 0.259 e. The summed E-state index contributed by atoms with van der Waals surface area (Å²) in [4.78, 5) is 12.8. The molecule has 0 aliphatic heterocycles. The zero-order valence-corrected chi connectivity index (χ0v) is 9.69. The van der Waals surface area contributed by atoms with Gasteiger partial charge in [-0.2, -0.15) is 0 Å². The first-order chi connectivity index (χ1) is 7.54. The Bertz CT molecular complexity index is 377. The molecule has 1 aromatic rings. The number of ether oxygens (including phenoxy) is 2. The number of hydrogen-bond donors (Lipinski definition) is 1. The number of hydrogen-bond acceptors (Lipinski definition) is 4. The van der Waals surface area contributed by atoms with E-state index in [0.29, 0.717) is 17.2 Å². The Kier molecular flexibility index (Phi) is 3.99. The van der Waals surface area contributed by atoms with Gasteiger partial charge in [-0.1, -0.05) is 0 Å². The van der Waals surface area contributed by atoms with E-state index < -0.39 is 0 Å². The van der Waals surface area contributed by atoms with Gasteiger partial charge in [0, 0.05) is 25.8 Å². The third-order valence-electron chi connectivity index (χ3n) is 2.04. The first-order valence-corrected chi connectivity index (χ1v) is 4.81. The van der Waals surface area contributed by atoms with Crippen molar-refractivity contribution < 1.29 is 14.3 Å². The number of benzene rings is 1. The summed E-state index contributed by atoms with van der Waals surface area (Å²) in [6.07, 6.45) is 0. The fourth-order valence-corrected chi connectivity index (χ4v) is 1.07. The van der Waals surface area contributed by atoms with Crippen LogP contribution in [0.1, 0.15) is 0 Å². The van der Waals surface area contributed by atoms with E-state index in [1.54, 1.807) is 32.3 Å². The van der Waals surface area contributed by atoms with Crippen molar-refractivity contribution in [2.75, 3.05) is 33.5 Å². The molecule has 2 N–H and O–H groups in total. The first kappa shape index (κ1) is 12.2. The Morgan fingerprint density at radius 3 is 2.62 bits per heavy atom. The molecule has 0 heterocycles. The van der Waals surface area contributed by atoms with Crippen LogP contribution in [0.5, 0.6) is 11.5 Å². The van der Waals surface area contributed by atoms with Crippen molar-refractivity contribution in [3.05, 3.63) is 18.2 Å². The molecule has 88 valence electrons. The summed E-state index contributed by atoms with van der Waals surface area (Å²) < 4.78 is 10.4. The molecule has 0 saturated heterocycles. The highest BCUT2D eigenvalue weighted by Gasteiger charge is 2.08. The fourth-order valence-electron chi connectivity index (χ4n) is 1.07. The minimum absolute atomic E-state index is 0.0206. The van der Waals surface area contributed by atoms with Crippen molar-refractivity contribution in [3.8, 4) is 11.5 Å². The molecule has 0 radical (unpaired) electrons. The zero-order valence-electron chi connectivity index (χ0n) is 9.69. The summed E-state index contributed by atoms with van der Waals surface area (Å²) in [6, 6.07) is 5.02. The van der Waals surface area contributed by atoms with Gasteiger partial charge in [0.15, 0.2) is 18.1 Å².